The number of rotatable bonds is 3. The summed E-state index contributed by atoms with van der Waals surface area (Å²) in [6.45, 7) is 3.68. The summed E-state index contributed by atoms with van der Waals surface area (Å²) in [4.78, 5) is 16.8. The second kappa shape index (κ2) is 5.84. The topological polar surface area (TPSA) is 85.8 Å². The third-order valence-electron chi connectivity index (χ3n) is 4.54. The minimum Gasteiger partial charge on any atom is -0.344 e. The molecular formula is C18H19N5O2. The minimum absolute atomic E-state index is 0.0103. The molecule has 128 valence electrons. The molecule has 0 unspecified atom stereocenters. The van der Waals surface area contributed by atoms with E-state index in [9.17, 15) is 4.79 Å². The van der Waals surface area contributed by atoms with Crippen molar-refractivity contribution in [2.24, 2.45) is 7.05 Å². The highest BCUT2D eigenvalue weighted by Gasteiger charge is 2.26. The van der Waals surface area contributed by atoms with Gasteiger partial charge in [-0.25, -0.2) is 0 Å². The molecule has 4 rings (SSSR count). The molecular weight excluding hydrogens is 318 g/mol. The summed E-state index contributed by atoms with van der Waals surface area (Å²) in [6, 6.07) is 7.88. The summed E-state index contributed by atoms with van der Waals surface area (Å²) in [5, 5.41) is 11.2. The van der Waals surface area contributed by atoms with E-state index in [1.807, 2.05) is 19.1 Å². The van der Waals surface area contributed by atoms with E-state index in [2.05, 4.69) is 26.6 Å². The van der Waals surface area contributed by atoms with Gasteiger partial charge in [0.25, 0.3) is 11.8 Å². The maximum absolute atomic E-state index is 12.5. The first kappa shape index (κ1) is 15.6. The van der Waals surface area contributed by atoms with Crippen LogP contribution in [0.25, 0.3) is 11.5 Å². The number of carbonyl (C=O) groups is 1. The van der Waals surface area contributed by atoms with Crippen molar-refractivity contribution >= 4 is 5.91 Å². The molecule has 3 aromatic rings. The molecule has 0 radical (unpaired) electrons. The zero-order valence-corrected chi connectivity index (χ0v) is 14.4. The molecule has 0 saturated heterocycles. The van der Waals surface area contributed by atoms with E-state index in [0.29, 0.717) is 17.4 Å². The number of aryl methyl sites for hydroxylation is 4. The Kier molecular flexibility index (Phi) is 3.63. The van der Waals surface area contributed by atoms with Gasteiger partial charge in [-0.2, -0.15) is 10.1 Å². The average Bonchev–Trinajstić information content (AvgIpc) is 3.26. The van der Waals surface area contributed by atoms with Crippen LogP contribution in [0.4, 0.5) is 0 Å². The van der Waals surface area contributed by atoms with Crippen LogP contribution in [-0.4, -0.2) is 25.8 Å². The van der Waals surface area contributed by atoms with Crippen LogP contribution in [0, 0.1) is 13.8 Å². The molecule has 25 heavy (non-hydrogen) atoms. The molecule has 1 N–H and O–H groups in total. The Balaban J connectivity index is 1.56. The fourth-order valence-electron chi connectivity index (χ4n) is 3.37. The predicted molar refractivity (Wildman–Crippen MR) is 90.9 cm³/mol. The summed E-state index contributed by atoms with van der Waals surface area (Å²) in [7, 11) is 1.78. The largest absolute Gasteiger partial charge is 0.344 e. The third kappa shape index (κ3) is 2.82. The van der Waals surface area contributed by atoms with Gasteiger partial charge < -0.3 is 9.84 Å². The van der Waals surface area contributed by atoms with E-state index >= 15 is 0 Å². The third-order valence-corrected chi connectivity index (χ3v) is 4.54. The monoisotopic (exact) mass is 337 g/mol. The Labute approximate surface area is 145 Å². The number of hydrogen-bond donors (Lipinski definition) is 1. The lowest BCUT2D eigenvalue weighted by molar-refractivity contribution is 0.0927. The molecule has 0 fully saturated rings. The van der Waals surface area contributed by atoms with Crippen LogP contribution < -0.4 is 5.32 Å². The zero-order chi connectivity index (χ0) is 17.6. The molecule has 7 nitrogen and oxygen atoms in total. The lowest BCUT2D eigenvalue weighted by atomic mass is 10.0. The highest BCUT2D eigenvalue weighted by atomic mass is 16.5. The maximum atomic E-state index is 12.5. The Hall–Kier alpha value is -2.96. The van der Waals surface area contributed by atoms with Crippen LogP contribution in [0.1, 0.15) is 45.6 Å². The van der Waals surface area contributed by atoms with Gasteiger partial charge in [0.1, 0.15) is 5.69 Å². The van der Waals surface area contributed by atoms with E-state index in [4.69, 9.17) is 4.52 Å². The number of hydrogen-bond acceptors (Lipinski definition) is 5. The number of nitrogens with one attached hydrogen (secondary N) is 1. The summed E-state index contributed by atoms with van der Waals surface area (Å²) >= 11 is 0. The SMILES string of the molecule is Cc1cc(C(=O)N[C@@H]2CCc3cc(-c4nc(C)no4)ccc32)n(C)n1. The van der Waals surface area contributed by atoms with Crippen molar-refractivity contribution < 1.29 is 9.32 Å². The molecule has 1 atom stereocenters. The van der Waals surface area contributed by atoms with Crippen molar-refractivity contribution in [1.82, 2.24) is 25.2 Å². The summed E-state index contributed by atoms with van der Waals surface area (Å²) in [5.41, 5.74) is 4.67. The van der Waals surface area contributed by atoms with Crippen molar-refractivity contribution in [3.63, 3.8) is 0 Å². The summed E-state index contributed by atoms with van der Waals surface area (Å²) in [6.07, 6.45) is 1.79. The van der Waals surface area contributed by atoms with E-state index in [0.717, 1.165) is 29.7 Å². The second-order valence-corrected chi connectivity index (χ2v) is 6.42. The van der Waals surface area contributed by atoms with Gasteiger partial charge in [0.05, 0.1) is 11.7 Å². The van der Waals surface area contributed by atoms with Gasteiger partial charge in [-0.05, 0) is 56.0 Å². The fraction of sp³-hybridized carbons (Fsp3) is 0.333. The number of fused-ring (bicyclic) bond motifs is 1. The van der Waals surface area contributed by atoms with E-state index in [1.165, 1.54) is 5.56 Å². The predicted octanol–water partition coefficient (Wildman–Crippen LogP) is 2.50. The standard InChI is InChI=1S/C18H19N5O2/c1-10-8-16(23(3)21-10)17(24)20-15-7-5-12-9-13(4-6-14(12)15)18-19-11(2)22-25-18/h4,6,8-9,15H,5,7H2,1-3H3,(H,20,24)/t15-/m1/s1. The number of carbonyl (C=O) groups excluding carboxylic acids is 1. The highest BCUT2D eigenvalue weighted by molar-refractivity contribution is 5.93. The Morgan fingerprint density at radius 3 is 2.84 bits per heavy atom. The van der Waals surface area contributed by atoms with Crippen LogP contribution in [-0.2, 0) is 13.5 Å². The molecule has 0 aliphatic heterocycles. The first-order valence-corrected chi connectivity index (χ1v) is 8.26. The lowest BCUT2D eigenvalue weighted by Crippen LogP contribution is -2.28. The van der Waals surface area contributed by atoms with E-state index < -0.39 is 0 Å². The minimum atomic E-state index is -0.0995. The Morgan fingerprint density at radius 2 is 2.16 bits per heavy atom. The first-order chi connectivity index (χ1) is 12.0. The van der Waals surface area contributed by atoms with Crippen molar-refractivity contribution in [3.05, 3.63) is 52.6 Å². The van der Waals surface area contributed by atoms with Crippen molar-refractivity contribution in [2.45, 2.75) is 32.7 Å². The molecule has 1 aliphatic rings. The van der Waals surface area contributed by atoms with Crippen LogP contribution in [0.5, 0.6) is 0 Å². The van der Waals surface area contributed by atoms with E-state index in [1.54, 1.807) is 24.7 Å². The van der Waals surface area contributed by atoms with Crippen molar-refractivity contribution in [1.29, 1.82) is 0 Å². The normalized spacial score (nSPS) is 16.0. The molecule has 2 heterocycles. The number of aromatic nitrogens is 4. The van der Waals surface area contributed by atoms with Gasteiger partial charge in [-0.3, -0.25) is 9.48 Å². The molecule has 1 aromatic carbocycles. The number of amides is 1. The quantitative estimate of drug-likeness (QED) is 0.793. The van der Waals surface area contributed by atoms with Gasteiger partial charge in [0, 0.05) is 12.6 Å². The Morgan fingerprint density at radius 1 is 1.32 bits per heavy atom. The lowest BCUT2D eigenvalue weighted by Gasteiger charge is -2.14. The van der Waals surface area contributed by atoms with Crippen molar-refractivity contribution in [3.8, 4) is 11.5 Å². The fourth-order valence-corrected chi connectivity index (χ4v) is 3.37. The molecule has 1 amide bonds. The van der Waals surface area contributed by atoms with Gasteiger partial charge in [0.15, 0.2) is 5.82 Å². The summed E-state index contributed by atoms with van der Waals surface area (Å²) in [5.74, 6) is 1.04. The number of benzene rings is 1. The first-order valence-electron chi connectivity index (χ1n) is 8.26. The van der Waals surface area contributed by atoms with Gasteiger partial charge in [0.2, 0.25) is 0 Å². The van der Waals surface area contributed by atoms with E-state index in [-0.39, 0.29) is 11.9 Å². The zero-order valence-electron chi connectivity index (χ0n) is 14.4. The molecule has 7 heteroatoms. The second-order valence-electron chi connectivity index (χ2n) is 6.42. The van der Waals surface area contributed by atoms with Gasteiger partial charge in [-0.1, -0.05) is 11.2 Å². The molecule has 2 aromatic heterocycles. The maximum Gasteiger partial charge on any atom is 0.270 e. The van der Waals surface area contributed by atoms with Crippen LogP contribution in [0.15, 0.2) is 28.8 Å². The molecule has 0 bridgehead atoms. The summed E-state index contributed by atoms with van der Waals surface area (Å²) < 4.78 is 6.85. The Bertz CT molecular complexity index is 956. The van der Waals surface area contributed by atoms with Crippen molar-refractivity contribution in [2.75, 3.05) is 0 Å². The van der Waals surface area contributed by atoms with Crippen LogP contribution in [0.2, 0.25) is 0 Å². The average molecular weight is 337 g/mol. The molecule has 1 aliphatic carbocycles. The van der Waals surface area contributed by atoms with Gasteiger partial charge in [-0.15, -0.1) is 0 Å². The highest BCUT2D eigenvalue weighted by Crippen LogP contribution is 2.34. The van der Waals surface area contributed by atoms with Crippen LogP contribution >= 0.6 is 0 Å². The molecule has 0 spiro atoms. The van der Waals surface area contributed by atoms with Gasteiger partial charge >= 0.3 is 0 Å². The van der Waals surface area contributed by atoms with Crippen LogP contribution in [0.3, 0.4) is 0 Å². The molecule has 0 saturated carbocycles. The smallest absolute Gasteiger partial charge is 0.270 e. The number of nitrogens with zero attached hydrogens (tertiary/aromatic N) is 4.